The fourth-order valence-electron chi connectivity index (χ4n) is 4.29. The van der Waals surface area contributed by atoms with Gasteiger partial charge in [0.1, 0.15) is 22.7 Å². The number of nitrogens with one attached hydrogen (secondary N) is 1. The van der Waals surface area contributed by atoms with Crippen molar-refractivity contribution in [2.24, 2.45) is 5.92 Å². The second-order valence-corrected chi connectivity index (χ2v) is 8.54. The number of nitrogens with zero attached hydrogens (tertiary/aromatic N) is 3. The first-order valence-corrected chi connectivity index (χ1v) is 9.73. The van der Waals surface area contributed by atoms with E-state index < -0.39 is 5.54 Å². The average Bonchev–Trinajstić information content (AvgIpc) is 3.31. The molecular weight excluding hydrogens is 376 g/mol. The number of rotatable bonds is 4. The van der Waals surface area contributed by atoms with Crippen molar-refractivity contribution < 1.29 is 13.9 Å². The van der Waals surface area contributed by atoms with Gasteiger partial charge in [-0.2, -0.15) is 0 Å². The number of hydrogen-bond acceptors (Lipinski definition) is 6. The van der Waals surface area contributed by atoms with Crippen molar-refractivity contribution in [2.75, 3.05) is 13.7 Å². The first-order chi connectivity index (χ1) is 12.6. The van der Waals surface area contributed by atoms with Crippen molar-refractivity contribution in [3.05, 3.63) is 33.9 Å². The van der Waals surface area contributed by atoms with E-state index in [1.54, 1.807) is 7.11 Å². The lowest BCUT2D eigenvalue weighted by molar-refractivity contribution is -0.00489. The van der Waals surface area contributed by atoms with Crippen molar-refractivity contribution >= 4 is 39.1 Å². The van der Waals surface area contributed by atoms with E-state index in [1.807, 2.05) is 17.0 Å². The van der Waals surface area contributed by atoms with Gasteiger partial charge in [-0.1, -0.05) is 11.6 Å². The summed E-state index contributed by atoms with van der Waals surface area (Å²) in [5.74, 6) is 1.31. The number of aromatic nitrogens is 3. The van der Waals surface area contributed by atoms with Gasteiger partial charge < -0.3 is 19.0 Å². The molecule has 5 rings (SSSR count). The van der Waals surface area contributed by atoms with E-state index in [9.17, 15) is 4.79 Å². The molecule has 1 saturated heterocycles. The molecule has 1 aliphatic heterocycles. The molecule has 2 fully saturated rings. The molecule has 9 heteroatoms. The molecule has 0 bridgehead atoms. The number of H-pyrrole nitrogens is 1. The van der Waals surface area contributed by atoms with Crippen molar-refractivity contribution in [3.8, 4) is 0 Å². The first kappa shape index (κ1) is 16.3. The Bertz CT molecular complexity index is 964. The van der Waals surface area contributed by atoms with E-state index in [0.717, 1.165) is 29.5 Å². The van der Waals surface area contributed by atoms with Crippen LogP contribution in [0.5, 0.6) is 0 Å². The number of carbonyl (C=O) groups is 1. The number of carbonyl (C=O) groups excluding carboxylic acids is 1. The SMILES string of the molecule is COCc1nnc([C@]23CC[C@H]2CCN3C(=O)c2cc3cc(Cl)sc3[nH]2)o1. The quantitative estimate of drug-likeness (QED) is 0.733. The van der Waals surface area contributed by atoms with Crippen LogP contribution in [-0.2, 0) is 16.9 Å². The predicted octanol–water partition coefficient (Wildman–Crippen LogP) is 3.56. The lowest BCUT2D eigenvalue weighted by Crippen LogP contribution is -2.54. The number of halogens is 1. The van der Waals surface area contributed by atoms with Crippen LogP contribution in [0.4, 0.5) is 0 Å². The van der Waals surface area contributed by atoms with Crippen LogP contribution >= 0.6 is 22.9 Å². The highest BCUT2D eigenvalue weighted by molar-refractivity contribution is 7.22. The molecule has 2 atom stereocenters. The summed E-state index contributed by atoms with van der Waals surface area (Å²) in [7, 11) is 1.59. The highest BCUT2D eigenvalue weighted by Crippen LogP contribution is 2.56. The summed E-state index contributed by atoms with van der Waals surface area (Å²) in [5, 5.41) is 9.27. The minimum atomic E-state index is -0.480. The van der Waals surface area contributed by atoms with E-state index in [-0.39, 0.29) is 12.5 Å². The number of aromatic amines is 1. The Kier molecular flexibility index (Phi) is 3.63. The van der Waals surface area contributed by atoms with Gasteiger partial charge in [-0.15, -0.1) is 21.5 Å². The van der Waals surface area contributed by atoms with Gasteiger partial charge in [-0.25, -0.2) is 0 Å². The largest absolute Gasteiger partial charge is 0.420 e. The summed E-state index contributed by atoms with van der Waals surface area (Å²) in [6.45, 7) is 0.967. The fourth-order valence-corrected chi connectivity index (χ4v) is 5.41. The average molecular weight is 393 g/mol. The Balaban J connectivity index is 1.50. The van der Waals surface area contributed by atoms with Gasteiger partial charge >= 0.3 is 0 Å². The minimum absolute atomic E-state index is 0.0294. The molecule has 1 aliphatic carbocycles. The normalized spacial score (nSPS) is 24.8. The lowest BCUT2D eigenvalue weighted by Gasteiger charge is -2.46. The molecule has 0 spiro atoms. The molecule has 26 heavy (non-hydrogen) atoms. The molecule has 7 nitrogen and oxygen atoms in total. The molecule has 0 radical (unpaired) electrons. The van der Waals surface area contributed by atoms with Crippen LogP contribution in [0, 0.1) is 5.92 Å². The summed E-state index contributed by atoms with van der Waals surface area (Å²) in [4.78, 5) is 19.3. The predicted molar refractivity (Wildman–Crippen MR) is 96.3 cm³/mol. The molecule has 3 aromatic rings. The van der Waals surface area contributed by atoms with E-state index in [4.69, 9.17) is 20.8 Å². The monoisotopic (exact) mass is 392 g/mol. The number of hydrogen-bond donors (Lipinski definition) is 1. The highest BCUT2D eigenvalue weighted by atomic mass is 35.5. The summed E-state index contributed by atoms with van der Waals surface area (Å²) in [6, 6.07) is 3.74. The maximum atomic E-state index is 13.3. The van der Waals surface area contributed by atoms with Crippen LogP contribution in [0.1, 0.15) is 41.5 Å². The second-order valence-electron chi connectivity index (χ2n) is 6.86. The Labute approximate surface area is 158 Å². The van der Waals surface area contributed by atoms with Crippen molar-refractivity contribution in [2.45, 2.75) is 31.4 Å². The molecule has 4 heterocycles. The Morgan fingerprint density at radius 3 is 3.12 bits per heavy atom. The van der Waals surface area contributed by atoms with Gasteiger partial charge in [0.05, 0.1) is 4.34 Å². The molecule has 1 N–H and O–H groups in total. The van der Waals surface area contributed by atoms with Gasteiger partial charge in [-0.3, -0.25) is 4.79 Å². The first-order valence-electron chi connectivity index (χ1n) is 8.53. The standard InChI is InChI=1S/C17H17ClN4O3S/c1-24-8-13-20-21-16(25-13)17-4-2-10(17)3-5-22(17)15(23)11-6-9-7-12(18)26-14(9)19-11/h6-7,10,19H,2-5,8H2,1H3/t10-,17-/m0/s1. The minimum Gasteiger partial charge on any atom is -0.420 e. The van der Waals surface area contributed by atoms with E-state index in [1.165, 1.54) is 11.3 Å². The molecule has 136 valence electrons. The number of fused-ring (bicyclic) bond motifs is 2. The fraction of sp³-hybridized carbons (Fsp3) is 0.471. The number of ether oxygens (including phenoxy) is 1. The molecule has 0 unspecified atom stereocenters. The van der Waals surface area contributed by atoms with Crippen molar-refractivity contribution in [3.63, 3.8) is 0 Å². The summed E-state index contributed by atoms with van der Waals surface area (Å²) >= 11 is 7.47. The van der Waals surface area contributed by atoms with Crippen molar-refractivity contribution in [1.29, 1.82) is 0 Å². The second kappa shape index (κ2) is 5.80. The third-order valence-corrected chi connectivity index (χ3v) is 6.79. The number of methoxy groups -OCH3 is 1. The number of thiophene rings is 1. The van der Waals surface area contributed by atoms with Crippen LogP contribution in [0.3, 0.4) is 0 Å². The Morgan fingerprint density at radius 1 is 1.50 bits per heavy atom. The third kappa shape index (κ3) is 2.19. The zero-order valence-corrected chi connectivity index (χ0v) is 15.7. The van der Waals surface area contributed by atoms with E-state index >= 15 is 0 Å². The summed E-state index contributed by atoms with van der Waals surface area (Å²) in [6.07, 6.45) is 2.87. The van der Waals surface area contributed by atoms with Crippen LogP contribution in [-0.4, -0.2) is 39.6 Å². The van der Waals surface area contributed by atoms with Crippen LogP contribution < -0.4 is 0 Å². The van der Waals surface area contributed by atoms with Gasteiger partial charge in [0.25, 0.3) is 5.91 Å². The number of amides is 1. The third-order valence-electron chi connectivity index (χ3n) is 5.59. The highest BCUT2D eigenvalue weighted by Gasteiger charge is 2.61. The summed E-state index contributed by atoms with van der Waals surface area (Å²) < 4.78 is 11.6. The maximum Gasteiger partial charge on any atom is 0.271 e. The van der Waals surface area contributed by atoms with Gasteiger partial charge in [0.15, 0.2) is 0 Å². The topological polar surface area (TPSA) is 84.3 Å². The molecule has 1 amide bonds. The van der Waals surface area contributed by atoms with Crippen LogP contribution in [0.15, 0.2) is 16.5 Å². The Hall–Kier alpha value is -1.90. The number of likely N-dealkylation sites (tertiary alicyclic amines) is 1. The van der Waals surface area contributed by atoms with E-state index in [0.29, 0.717) is 34.3 Å². The zero-order chi connectivity index (χ0) is 17.9. The van der Waals surface area contributed by atoms with Crippen LogP contribution in [0.2, 0.25) is 4.34 Å². The smallest absolute Gasteiger partial charge is 0.271 e. The van der Waals surface area contributed by atoms with E-state index in [2.05, 4.69) is 15.2 Å². The van der Waals surface area contributed by atoms with Gasteiger partial charge in [-0.05, 0) is 37.3 Å². The molecule has 1 saturated carbocycles. The van der Waals surface area contributed by atoms with Gasteiger partial charge in [0.2, 0.25) is 11.8 Å². The molecule has 3 aromatic heterocycles. The Morgan fingerprint density at radius 2 is 2.38 bits per heavy atom. The van der Waals surface area contributed by atoms with Crippen molar-refractivity contribution in [1.82, 2.24) is 20.1 Å². The maximum absolute atomic E-state index is 13.3. The zero-order valence-electron chi connectivity index (χ0n) is 14.1. The molecule has 0 aromatic carbocycles. The van der Waals surface area contributed by atoms with Crippen LogP contribution in [0.25, 0.3) is 10.2 Å². The molecular formula is C17H17ClN4O3S. The van der Waals surface area contributed by atoms with Gasteiger partial charge in [0, 0.05) is 19.0 Å². The lowest BCUT2D eigenvalue weighted by atomic mass is 9.67. The summed E-state index contributed by atoms with van der Waals surface area (Å²) in [5.41, 5.74) is 0.0955. The molecule has 2 aliphatic rings.